The average Bonchev–Trinajstić information content (AvgIpc) is 3.01. The van der Waals surface area contributed by atoms with Crippen LogP contribution >= 0.6 is 0 Å². The van der Waals surface area contributed by atoms with Crippen molar-refractivity contribution in [3.63, 3.8) is 0 Å². The first-order valence-corrected chi connectivity index (χ1v) is 8.46. The molecule has 1 fully saturated rings. The van der Waals surface area contributed by atoms with Gasteiger partial charge in [-0.3, -0.25) is 9.69 Å². The Balaban J connectivity index is 1.61. The molecule has 0 aromatic heterocycles. The van der Waals surface area contributed by atoms with E-state index in [0.29, 0.717) is 24.5 Å². The highest BCUT2D eigenvalue weighted by Gasteiger charge is 2.32. The molecule has 3 amide bonds. The number of anilines is 2. The van der Waals surface area contributed by atoms with E-state index in [4.69, 9.17) is 4.74 Å². The summed E-state index contributed by atoms with van der Waals surface area (Å²) in [6.07, 6.45) is -4.44. The molecule has 3 rings (SSSR count). The van der Waals surface area contributed by atoms with Crippen molar-refractivity contribution >= 4 is 23.3 Å². The minimum Gasteiger partial charge on any atom is -0.495 e. The summed E-state index contributed by atoms with van der Waals surface area (Å²) in [7, 11) is 1.51. The van der Waals surface area contributed by atoms with Crippen LogP contribution in [0.4, 0.5) is 29.3 Å². The number of para-hydroxylation sites is 2. The van der Waals surface area contributed by atoms with E-state index in [9.17, 15) is 22.8 Å². The van der Waals surface area contributed by atoms with Gasteiger partial charge in [-0.2, -0.15) is 13.2 Å². The van der Waals surface area contributed by atoms with Gasteiger partial charge in [0.1, 0.15) is 12.3 Å². The van der Waals surface area contributed by atoms with Crippen LogP contribution in [0.1, 0.15) is 5.56 Å². The first kappa shape index (κ1) is 19.5. The third-order valence-electron chi connectivity index (χ3n) is 4.30. The van der Waals surface area contributed by atoms with Gasteiger partial charge < -0.3 is 15.0 Å². The van der Waals surface area contributed by atoms with Gasteiger partial charge in [0.2, 0.25) is 5.91 Å². The zero-order valence-electron chi connectivity index (χ0n) is 15.0. The second-order valence-electron chi connectivity index (χ2n) is 6.15. The Labute approximate surface area is 159 Å². The molecule has 1 N–H and O–H groups in total. The molecule has 0 spiro atoms. The van der Waals surface area contributed by atoms with Crippen LogP contribution in [0.2, 0.25) is 0 Å². The number of hydrogen-bond acceptors (Lipinski definition) is 3. The summed E-state index contributed by atoms with van der Waals surface area (Å²) in [6, 6.07) is 10.8. The van der Waals surface area contributed by atoms with Gasteiger partial charge in [0.15, 0.2) is 0 Å². The van der Waals surface area contributed by atoms with E-state index in [2.05, 4.69) is 5.32 Å². The van der Waals surface area contributed by atoms with Gasteiger partial charge in [0.25, 0.3) is 0 Å². The van der Waals surface area contributed by atoms with Gasteiger partial charge in [-0.15, -0.1) is 0 Å². The molecule has 28 heavy (non-hydrogen) atoms. The molecule has 1 heterocycles. The first-order chi connectivity index (χ1) is 13.3. The quantitative estimate of drug-likeness (QED) is 0.845. The fraction of sp³-hybridized carbons (Fsp3) is 0.263. The molecule has 0 aliphatic carbocycles. The number of alkyl halides is 3. The van der Waals surface area contributed by atoms with Crippen molar-refractivity contribution in [2.75, 3.05) is 37.0 Å². The van der Waals surface area contributed by atoms with Crippen molar-refractivity contribution in [1.82, 2.24) is 4.90 Å². The summed E-state index contributed by atoms with van der Waals surface area (Å²) in [6.45, 7) is 0.537. The van der Waals surface area contributed by atoms with Crippen LogP contribution in [0.5, 0.6) is 5.75 Å². The standard InChI is InChI=1S/C19H18F3N3O3/c1-28-16-5-3-2-4-15(16)25-11-10-24(18(25)27)12-17(26)23-14-8-6-13(7-9-14)19(20,21)22/h2-9H,10-12H2,1H3,(H,23,26). The summed E-state index contributed by atoms with van der Waals surface area (Å²) in [5.41, 5.74) is 0.0412. The number of rotatable bonds is 5. The molecule has 6 nitrogen and oxygen atoms in total. The summed E-state index contributed by atoms with van der Waals surface area (Å²) in [5, 5.41) is 2.50. The fourth-order valence-electron chi connectivity index (χ4n) is 2.92. The minimum atomic E-state index is -4.44. The highest BCUT2D eigenvalue weighted by atomic mass is 19.4. The Bertz CT molecular complexity index is 869. The second kappa shape index (κ2) is 7.79. The lowest BCUT2D eigenvalue weighted by atomic mass is 10.2. The normalized spacial score (nSPS) is 14.4. The largest absolute Gasteiger partial charge is 0.495 e. The van der Waals surface area contributed by atoms with E-state index in [1.165, 1.54) is 29.0 Å². The Morgan fingerprint density at radius 1 is 1.11 bits per heavy atom. The number of amides is 3. The molecule has 9 heteroatoms. The highest BCUT2D eigenvalue weighted by molar-refractivity contribution is 6.00. The van der Waals surface area contributed by atoms with Crippen molar-refractivity contribution in [3.05, 3.63) is 54.1 Å². The number of methoxy groups -OCH3 is 1. The van der Waals surface area contributed by atoms with Crippen LogP contribution in [0.15, 0.2) is 48.5 Å². The Morgan fingerprint density at radius 2 is 1.79 bits per heavy atom. The first-order valence-electron chi connectivity index (χ1n) is 8.46. The smallest absolute Gasteiger partial charge is 0.416 e. The zero-order valence-corrected chi connectivity index (χ0v) is 15.0. The predicted octanol–water partition coefficient (Wildman–Crippen LogP) is 3.59. The van der Waals surface area contributed by atoms with Gasteiger partial charge in [-0.25, -0.2) is 4.79 Å². The number of carbonyl (C=O) groups is 2. The van der Waals surface area contributed by atoms with Gasteiger partial charge in [-0.1, -0.05) is 12.1 Å². The number of benzene rings is 2. The maximum absolute atomic E-state index is 12.6. The monoisotopic (exact) mass is 393 g/mol. The van der Waals surface area contributed by atoms with Gasteiger partial charge in [-0.05, 0) is 36.4 Å². The predicted molar refractivity (Wildman–Crippen MR) is 97.4 cm³/mol. The van der Waals surface area contributed by atoms with Crippen LogP contribution in [-0.4, -0.2) is 43.6 Å². The third-order valence-corrected chi connectivity index (χ3v) is 4.30. The van der Waals surface area contributed by atoms with Gasteiger partial charge in [0.05, 0.1) is 18.4 Å². The minimum absolute atomic E-state index is 0.203. The van der Waals surface area contributed by atoms with E-state index >= 15 is 0 Å². The SMILES string of the molecule is COc1ccccc1N1CCN(CC(=O)Nc2ccc(C(F)(F)F)cc2)C1=O. The average molecular weight is 393 g/mol. The van der Waals surface area contributed by atoms with Crippen LogP contribution in [0.25, 0.3) is 0 Å². The van der Waals surface area contributed by atoms with E-state index < -0.39 is 17.6 Å². The molecule has 0 unspecified atom stereocenters. The molecule has 0 bridgehead atoms. The van der Waals surface area contributed by atoms with Gasteiger partial charge >= 0.3 is 12.2 Å². The van der Waals surface area contributed by atoms with E-state index in [1.54, 1.807) is 24.3 Å². The van der Waals surface area contributed by atoms with Gasteiger partial charge in [0, 0.05) is 18.8 Å². The summed E-state index contributed by atoms with van der Waals surface area (Å²) in [5.74, 6) is 0.0573. The number of halogens is 3. The molecule has 2 aromatic rings. The number of urea groups is 1. The number of nitrogens with zero attached hydrogens (tertiary/aromatic N) is 2. The lowest BCUT2D eigenvalue weighted by Crippen LogP contribution is -2.37. The molecule has 148 valence electrons. The second-order valence-corrected chi connectivity index (χ2v) is 6.15. The van der Waals surface area contributed by atoms with Crippen molar-refractivity contribution < 1.29 is 27.5 Å². The Kier molecular flexibility index (Phi) is 5.43. The highest BCUT2D eigenvalue weighted by Crippen LogP contribution is 2.31. The Hall–Kier alpha value is -3.23. The van der Waals surface area contributed by atoms with E-state index in [-0.39, 0.29) is 18.3 Å². The molecule has 0 saturated carbocycles. The molecule has 0 radical (unpaired) electrons. The zero-order chi connectivity index (χ0) is 20.3. The topological polar surface area (TPSA) is 61.9 Å². The van der Waals surface area contributed by atoms with Crippen LogP contribution in [0, 0.1) is 0 Å². The number of hydrogen-bond donors (Lipinski definition) is 1. The van der Waals surface area contributed by atoms with E-state index in [0.717, 1.165) is 12.1 Å². The van der Waals surface area contributed by atoms with Crippen LogP contribution in [-0.2, 0) is 11.0 Å². The van der Waals surface area contributed by atoms with Crippen LogP contribution < -0.4 is 15.0 Å². The maximum atomic E-state index is 12.6. The molecule has 0 atom stereocenters. The lowest BCUT2D eigenvalue weighted by molar-refractivity contribution is -0.137. The van der Waals surface area contributed by atoms with Crippen LogP contribution in [0.3, 0.4) is 0 Å². The lowest BCUT2D eigenvalue weighted by Gasteiger charge is -2.20. The molecular formula is C19H18F3N3O3. The van der Waals surface area contributed by atoms with Crippen molar-refractivity contribution in [1.29, 1.82) is 0 Å². The number of nitrogens with one attached hydrogen (secondary N) is 1. The molecular weight excluding hydrogens is 375 g/mol. The van der Waals surface area contributed by atoms with E-state index in [1.807, 2.05) is 0 Å². The van der Waals surface area contributed by atoms with Crippen molar-refractivity contribution in [2.24, 2.45) is 0 Å². The molecule has 1 aliphatic rings. The molecule has 1 aliphatic heterocycles. The summed E-state index contributed by atoms with van der Waals surface area (Å²) < 4.78 is 43.0. The number of carbonyl (C=O) groups excluding carboxylic acids is 2. The third kappa shape index (κ3) is 4.19. The molecule has 1 saturated heterocycles. The van der Waals surface area contributed by atoms with Crippen molar-refractivity contribution in [3.8, 4) is 5.75 Å². The van der Waals surface area contributed by atoms with Crippen molar-refractivity contribution in [2.45, 2.75) is 6.18 Å². The number of ether oxygens (including phenoxy) is 1. The fourth-order valence-corrected chi connectivity index (χ4v) is 2.92. The summed E-state index contributed by atoms with van der Waals surface area (Å²) in [4.78, 5) is 27.7. The Morgan fingerprint density at radius 3 is 2.43 bits per heavy atom. The maximum Gasteiger partial charge on any atom is 0.416 e. The molecule has 2 aromatic carbocycles. The summed E-state index contributed by atoms with van der Waals surface area (Å²) >= 11 is 0.